The molecule has 0 aliphatic heterocycles. The lowest BCUT2D eigenvalue weighted by Gasteiger charge is -2.21. The van der Waals surface area contributed by atoms with E-state index in [1.807, 2.05) is 33.8 Å². The first-order chi connectivity index (χ1) is 8.40. The molecule has 1 aliphatic carbocycles. The number of ketones is 2. The van der Waals surface area contributed by atoms with Gasteiger partial charge in [0.05, 0.1) is 6.10 Å². The fraction of sp³-hybridized carbons (Fsp3) is 0.333. The Kier molecular flexibility index (Phi) is 3.07. The van der Waals surface area contributed by atoms with Gasteiger partial charge in [-0.2, -0.15) is 0 Å². The summed E-state index contributed by atoms with van der Waals surface area (Å²) in [5.41, 5.74) is 3.13. The number of hydrogen-bond donors (Lipinski definition) is 0. The number of Topliss-reactive ketones (excluding diaryl/α,β-unsaturated/α-hetero) is 1. The van der Waals surface area contributed by atoms with Crippen molar-refractivity contribution in [1.82, 2.24) is 0 Å². The van der Waals surface area contributed by atoms with Crippen LogP contribution in [0.15, 0.2) is 18.2 Å². The molecule has 0 fully saturated rings. The summed E-state index contributed by atoms with van der Waals surface area (Å²) in [4.78, 5) is 23.6. The summed E-state index contributed by atoms with van der Waals surface area (Å²) in [6.07, 6.45) is 1.26. The van der Waals surface area contributed by atoms with E-state index in [1.54, 1.807) is 6.07 Å². The third-order valence-corrected chi connectivity index (χ3v) is 2.82. The van der Waals surface area contributed by atoms with Crippen molar-refractivity contribution in [2.45, 2.75) is 33.8 Å². The first-order valence-electron chi connectivity index (χ1n) is 5.98. The number of fused-ring (bicyclic) bond motifs is 1. The van der Waals surface area contributed by atoms with Crippen LogP contribution in [0.25, 0.3) is 5.76 Å². The zero-order valence-electron chi connectivity index (χ0n) is 11.0. The average Bonchev–Trinajstić information content (AvgIpc) is 2.23. The van der Waals surface area contributed by atoms with Crippen molar-refractivity contribution >= 4 is 17.3 Å². The van der Waals surface area contributed by atoms with Gasteiger partial charge in [-0.05, 0) is 39.3 Å². The van der Waals surface area contributed by atoms with Crippen LogP contribution in [0.2, 0.25) is 0 Å². The predicted molar refractivity (Wildman–Crippen MR) is 69.5 cm³/mol. The fourth-order valence-electron chi connectivity index (χ4n) is 2.21. The van der Waals surface area contributed by atoms with Crippen molar-refractivity contribution in [3.63, 3.8) is 0 Å². The van der Waals surface area contributed by atoms with Crippen molar-refractivity contribution in [1.29, 1.82) is 0 Å². The van der Waals surface area contributed by atoms with Gasteiger partial charge in [-0.3, -0.25) is 9.59 Å². The highest BCUT2D eigenvalue weighted by Gasteiger charge is 2.28. The number of aryl methyl sites for hydroxylation is 2. The van der Waals surface area contributed by atoms with Crippen LogP contribution in [0.3, 0.4) is 0 Å². The van der Waals surface area contributed by atoms with E-state index >= 15 is 0 Å². The molecule has 0 atom stereocenters. The molecule has 2 rings (SSSR count). The molecule has 1 aromatic rings. The molecular formula is C15H16O3. The fourth-order valence-corrected chi connectivity index (χ4v) is 2.21. The normalized spacial score (nSPS) is 14.6. The van der Waals surface area contributed by atoms with Gasteiger partial charge < -0.3 is 4.74 Å². The molecular weight excluding hydrogens is 228 g/mol. The van der Waals surface area contributed by atoms with Gasteiger partial charge in [-0.15, -0.1) is 0 Å². The molecule has 0 spiro atoms. The molecule has 0 aromatic heterocycles. The highest BCUT2D eigenvalue weighted by molar-refractivity contribution is 6.50. The molecule has 3 nitrogen and oxygen atoms in total. The van der Waals surface area contributed by atoms with E-state index in [0.29, 0.717) is 11.3 Å². The summed E-state index contributed by atoms with van der Waals surface area (Å²) in [5, 5.41) is 0. The quantitative estimate of drug-likeness (QED) is 0.751. The SMILES string of the molecule is Cc1cc(C)c2c(c1)C(=O)C(=O)C=C2OC(C)C. The molecule has 0 radical (unpaired) electrons. The molecule has 3 heteroatoms. The zero-order valence-corrected chi connectivity index (χ0v) is 11.0. The van der Waals surface area contributed by atoms with Crippen molar-refractivity contribution in [2.24, 2.45) is 0 Å². The number of benzene rings is 1. The van der Waals surface area contributed by atoms with Gasteiger partial charge in [-0.25, -0.2) is 0 Å². The molecule has 94 valence electrons. The largest absolute Gasteiger partial charge is 0.490 e. The molecule has 18 heavy (non-hydrogen) atoms. The zero-order chi connectivity index (χ0) is 13.4. The maximum Gasteiger partial charge on any atom is 0.233 e. The van der Waals surface area contributed by atoms with Crippen molar-refractivity contribution in [2.75, 3.05) is 0 Å². The molecule has 0 amide bonds. The summed E-state index contributed by atoms with van der Waals surface area (Å²) >= 11 is 0. The Morgan fingerprint density at radius 2 is 1.78 bits per heavy atom. The minimum absolute atomic E-state index is 0.0363. The van der Waals surface area contributed by atoms with E-state index in [1.165, 1.54) is 6.08 Å². The maximum absolute atomic E-state index is 11.9. The summed E-state index contributed by atoms with van der Waals surface area (Å²) < 4.78 is 5.65. The third-order valence-electron chi connectivity index (χ3n) is 2.82. The van der Waals surface area contributed by atoms with E-state index in [0.717, 1.165) is 16.7 Å². The third kappa shape index (κ3) is 2.08. The minimum Gasteiger partial charge on any atom is -0.490 e. The van der Waals surface area contributed by atoms with Gasteiger partial charge >= 0.3 is 0 Å². The lowest BCUT2D eigenvalue weighted by molar-refractivity contribution is -0.111. The van der Waals surface area contributed by atoms with Crippen molar-refractivity contribution < 1.29 is 14.3 Å². The summed E-state index contributed by atoms with van der Waals surface area (Å²) in [5.74, 6) is -0.460. The molecule has 1 aromatic carbocycles. The monoisotopic (exact) mass is 244 g/mol. The van der Waals surface area contributed by atoms with E-state index in [9.17, 15) is 9.59 Å². The molecule has 0 saturated heterocycles. The van der Waals surface area contributed by atoms with Crippen LogP contribution in [0.4, 0.5) is 0 Å². The van der Waals surface area contributed by atoms with Gasteiger partial charge in [0.2, 0.25) is 11.6 Å². The van der Waals surface area contributed by atoms with Crippen LogP contribution in [0.1, 0.15) is 40.9 Å². The average molecular weight is 244 g/mol. The van der Waals surface area contributed by atoms with Crippen LogP contribution in [-0.2, 0) is 9.53 Å². The van der Waals surface area contributed by atoms with E-state index < -0.39 is 11.6 Å². The van der Waals surface area contributed by atoms with Crippen LogP contribution in [0, 0.1) is 13.8 Å². The van der Waals surface area contributed by atoms with Gasteiger partial charge in [-0.1, -0.05) is 11.6 Å². The van der Waals surface area contributed by atoms with Crippen LogP contribution in [-0.4, -0.2) is 17.7 Å². The summed E-state index contributed by atoms with van der Waals surface area (Å²) in [6.45, 7) is 7.62. The van der Waals surface area contributed by atoms with Crippen LogP contribution >= 0.6 is 0 Å². The second kappa shape index (κ2) is 4.41. The van der Waals surface area contributed by atoms with Crippen molar-refractivity contribution in [3.05, 3.63) is 40.5 Å². The van der Waals surface area contributed by atoms with Gasteiger partial charge in [0, 0.05) is 17.2 Å². The molecule has 1 aliphatic rings. The number of hydrogen-bond acceptors (Lipinski definition) is 3. The minimum atomic E-state index is -0.511. The second-order valence-corrected chi connectivity index (χ2v) is 4.87. The number of rotatable bonds is 2. The highest BCUT2D eigenvalue weighted by atomic mass is 16.5. The smallest absolute Gasteiger partial charge is 0.233 e. The number of carbonyl (C=O) groups excluding carboxylic acids is 2. The van der Waals surface area contributed by atoms with Crippen LogP contribution in [0.5, 0.6) is 0 Å². The number of allylic oxidation sites excluding steroid dienone is 1. The number of ether oxygens (including phenoxy) is 1. The van der Waals surface area contributed by atoms with E-state index in [4.69, 9.17) is 4.74 Å². The molecule has 0 N–H and O–H groups in total. The summed E-state index contributed by atoms with van der Waals surface area (Å²) in [7, 11) is 0. The lowest BCUT2D eigenvalue weighted by Crippen LogP contribution is -2.21. The van der Waals surface area contributed by atoms with E-state index in [2.05, 4.69) is 0 Å². The Balaban J connectivity index is 2.64. The molecule has 0 bridgehead atoms. The van der Waals surface area contributed by atoms with E-state index in [-0.39, 0.29) is 6.10 Å². The maximum atomic E-state index is 11.9. The Hall–Kier alpha value is -1.90. The van der Waals surface area contributed by atoms with Gasteiger partial charge in [0.15, 0.2) is 0 Å². The topological polar surface area (TPSA) is 43.4 Å². The first-order valence-corrected chi connectivity index (χ1v) is 5.98. The lowest BCUT2D eigenvalue weighted by atomic mass is 9.89. The second-order valence-electron chi connectivity index (χ2n) is 4.87. The Morgan fingerprint density at radius 1 is 1.11 bits per heavy atom. The van der Waals surface area contributed by atoms with Crippen molar-refractivity contribution in [3.8, 4) is 0 Å². The molecule has 0 unspecified atom stereocenters. The highest BCUT2D eigenvalue weighted by Crippen LogP contribution is 2.30. The Morgan fingerprint density at radius 3 is 2.39 bits per heavy atom. The molecule has 0 saturated carbocycles. The number of carbonyl (C=O) groups is 2. The standard InChI is InChI=1S/C15H16O3/c1-8(2)18-13-7-12(16)15(17)11-6-9(3)5-10(4)14(11)13/h5-8H,1-4H3. The van der Waals surface area contributed by atoms with Crippen LogP contribution < -0.4 is 0 Å². The van der Waals surface area contributed by atoms with Gasteiger partial charge in [0.1, 0.15) is 5.76 Å². The molecule has 0 heterocycles. The Labute approximate surface area is 106 Å². The predicted octanol–water partition coefficient (Wildman–Crippen LogP) is 2.83. The Bertz CT molecular complexity index is 565. The van der Waals surface area contributed by atoms with Gasteiger partial charge in [0.25, 0.3) is 0 Å². The summed E-state index contributed by atoms with van der Waals surface area (Å²) in [6, 6.07) is 3.73. The first kappa shape index (κ1) is 12.6.